The zero-order chi connectivity index (χ0) is 13.4. The zero-order valence-corrected chi connectivity index (χ0v) is 10.3. The van der Waals surface area contributed by atoms with Crippen LogP contribution in [0.4, 0.5) is 0 Å². The Morgan fingerprint density at radius 2 is 2.00 bits per heavy atom. The van der Waals surface area contributed by atoms with Crippen LogP contribution in [0.25, 0.3) is 0 Å². The van der Waals surface area contributed by atoms with Gasteiger partial charge >= 0.3 is 5.97 Å². The molecule has 5 nitrogen and oxygen atoms in total. The van der Waals surface area contributed by atoms with Crippen LogP contribution in [0.3, 0.4) is 0 Å². The first-order valence-electron chi connectivity index (χ1n) is 5.81. The summed E-state index contributed by atoms with van der Waals surface area (Å²) >= 11 is 0. The summed E-state index contributed by atoms with van der Waals surface area (Å²) in [6, 6.07) is 9.06. The van der Waals surface area contributed by atoms with Gasteiger partial charge in [0.1, 0.15) is 5.75 Å². The molecule has 0 saturated heterocycles. The number of benzene rings is 1. The maximum atomic E-state index is 11.6. The molecule has 0 aromatic heterocycles. The van der Waals surface area contributed by atoms with Crippen LogP contribution in [0, 0.1) is 0 Å². The molecule has 0 unspecified atom stereocenters. The maximum Gasteiger partial charge on any atom is 0.303 e. The van der Waals surface area contributed by atoms with Gasteiger partial charge in [-0.3, -0.25) is 9.59 Å². The third kappa shape index (κ3) is 5.34. The van der Waals surface area contributed by atoms with E-state index in [1.165, 1.54) is 0 Å². The largest absolute Gasteiger partial charge is 0.481 e. The SMILES string of the molecule is C[C@@H](Oc1ccccc1)C(=O)NCCCC(=O)O. The van der Waals surface area contributed by atoms with E-state index in [0.29, 0.717) is 18.7 Å². The van der Waals surface area contributed by atoms with Crippen molar-refractivity contribution in [3.63, 3.8) is 0 Å². The fourth-order valence-electron chi connectivity index (χ4n) is 1.35. The Labute approximate surface area is 106 Å². The number of rotatable bonds is 7. The highest BCUT2D eigenvalue weighted by Gasteiger charge is 2.13. The number of hydrogen-bond acceptors (Lipinski definition) is 3. The topological polar surface area (TPSA) is 75.6 Å². The number of carbonyl (C=O) groups is 2. The molecule has 18 heavy (non-hydrogen) atoms. The number of nitrogens with one attached hydrogen (secondary N) is 1. The Kier molecular flexibility index (Phi) is 5.70. The summed E-state index contributed by atoms with van der Waals surface area (Å²) in [6.45, 7) is 1.99. The monoisotopic (exact) mass is 251 g/mol. The minimum Gasteiger partial charge on any atom is -0.481 e. The highest BCUT2D eigenvalue weighted by atomic mass is 16.5. The predicted octanol–water partition coefficient (Wildman–Crippen LogP) is 1.43. The number of aliphatic carboxylic acids is 1. The van der Waals surface area contributed by atoms with Crippen molar-refractivity contribution >= 4 is 11.9 Å². The first-order chi connectivity index (χ1) is 8.59. The highest BCUT2D eigenvalue weighted by molar-refractivity contribution is 5.80. The molecule has 0 fully saturated rings. The summed E-state index contributed by atoms with van der Waals surface area (Å²) in [5.41, 5.74) is 0. The Hall–Kier alpha value is -2.04. The van der Waals surface area contributed by atoms with E-state index in [2.05, 4.69) is 5.32 Å². The van der Waals surface area contributed by atoms with Crippen LogP contribution in [-0.2, 0) is 9.59 Å². The molecule has 0 saturated carbocycles. The molecule has 5 heteroatoms. The summed E-state index contributed by atoms with van der Waals surface area (Å²) in [5.74, 6) is -0.479. The molecule has 0 aliphatic carbocycles. The molecule has 1 atom stereocenters. The molecule has 2 N–H and O–H groups in total. The molecule has 0 spiro atoms. The standard InChI is InChI=1S/C13H17NO4/c1-10(18-11-6-3-2-4-7-11)13(17)14-9-5-8-12(15)16/h2-4,6-7,10H,5,8-9H2,1H3,(H,14,17)(H,15,16)/t10-/m1/s1. The quantitative estimate of drug-likeness (QED) is 0.719. The molecule has 0 aliphatic heterocycles. The molecular formula is C13H17NO4. The van der Waals surface area contributed by atoms with Gasteiger partial charge in [0.15, 0.2) is 6.10 Å². The van der Waals surface area contributed by atoms with Crippen molar-refractivity contribution in [2.75, 3.05) is 6.54 Å². The van der Waals surface area contributed by atoms with Crippen LogP contribution in [0.15, 0.2) is 30.3 Å². The number of ether oxygens (including phenoxy) is 1. The fourth-order valence-corrected chi connectivity index (χ4v) is 1.35. The van der Waals surface area contributed by atoms with Gasteiger partial charge in [-0.1, -0.05) is 18.2 Å². The van der Waals surface area contributed by atoms with E-state index in [1.807, 2.05) is 18.2 Å². The van der Waals surface area contributed by atoms with Crippen molar-refractivity contribution in [3.8, 4) is 5.75 Å². The Morgan fingerprint density at radius 3 is 2.61 bits per heavy atom. The lowest BCUT2D eigenvalue weighted by molar-refractivity contribution is -0.137. The van der Waals surface area contributed by atoms with Crippen LogP contribution >= 0.6 is 0 Å². The van der Waals surface area contributed by atoms with Gasteiger partial charge in [0.25, 0.3) is 5.91 Å². The average Bonchev–Trinajstić information content (AvgIpc) is 2.35. The number of para-hydroxylation sites is 1. The summed E-state index contributed by atoms with van der Waals surface area (Å²) in [4.78, 5) is 21.9. The highest BCUT2D eigenvalue weighted by Crippen LogP contribution is 2.10. The summed E-state index contributed by atoms with van der Waals surface area (Å²) in [5, 5.41) is 11.1. The van der Waals surface area contributed by atoms with Crippen LogP contribution in [0.5, 0.6) is 5.75 Å². The smallest absolute Gasteiger partial charge is 0.303 e. The van der Waals surface area contributed by atoms with Gasteiger partial charge < -0.3 is 15.2 Å². The fraction of sp³-hybridized carbons (Fsp3) is 0.385. The Bertz CT molecular complexity index is 391. The van der Waals surface area contributed by atoms with Crippen LogP contribution < -0.4 is 10.1 Å². The van der Waals surface area contributed by atoms with Crippen LogP contribution in [-0.4, -0.2) is 29.6 Å². The molecule has 0 heterocycles. The third-order valence-electron chi connectivity index (χ3n) is 2.29. The molecular weight excluding hydrogens is 234 g/mol. The number of carboxylic acids is 1. The van der Waals surface area contributed by atoms with Gasteiger partial charge in [-0.15, -0.1) is 0 Å². The molecule has 1 aromatic rings. The first kappa shape index (κ1) is 14.0. The third-order valence-corrected chi connectivity index (χ3v) is 2.29. The number of carboxylic acid groups (broad SMARTS) is 1. The second-order valence-electron chi connectivity index (χ2n) is 3.86. The lowest BCUT2D eigenvalue weighted by atomic mass is 10.3. The molecule has 0 aliphatic rings. The molecule has 1 amide bonds. The minimum atomic E-state index is -0.863. The lowest BCUT2D eigenvalue weighted by Crippen LogP contribution is -2.36. The second-order valence-corrected chi connectivity index (χ2v) is 3.86. The van der Waals surface area contributed by atoms with Gasteiger partial charge in [0.2, 0.25) is 0 Å². The zero-order valence-electron chi connectivity index (χ0n) is 10.3. The van der Waals surface area contributed by atoms with Crippen molar-refractivity contribution in [3.05, 3.63) is 30.3 Å². The van der Waals surface area contributed by atoms with E-state index in [0.717, 1.165) is 0 Å². The number of amides is 1. The van der Waals surface area contributed by atoms with E-state index >= 15 is 0 Å². The van der Waals surface area contributed by atoms with Crippen molar-refractivity contribution in [2.45, 2.75) is 25.9 Å². The van der Waals surface area contributed by atoms with E-state index in [-0.39, 0.29) is 12.3 Å². The Morgan fingerprint density at radius 1 is 1.33 bits per heavy atom. The lowest BCUT2D eigenvalue weighted by Gasteiger charge is -2.14. The molecule has 1 rings (SSSR count). The van der Waals surface area contributed by atoms with E-state index in [9.17, 15) is 9.59 Å². The van der Waals surface area contributed by atoms with Gasteiger partial charge in [0, 0.05) is 13.0 Å². The van der Waals surface area contributed by atoms with E-state index in [1.54, 1.807) is 19.1 Å². The summed E-state index contributed by atoms with van der Waals surface area (Å²) < 4.78 is 5.43. The van der Waals surface area contributed by atoms with Crippen molar-refractivity contribution in [2.24, 2.45) is 0 Å². The van der Waals surface area contributed by atoms with Crippen molar-refractivity contribution in [1.82, 2.24) is 5.32 Å². The molecule has 1 aromatic carbocycles. The number of carbonyl (C=O) groups excluding carboxylic acids is 1. The van der Waals surface area contributed by atoms with Gasteiger partial charge in [-0.25, -0.2) is 0 Å². The molecule has 98 valence electrons. The van der Waals surface area contributed by atoms with E-state index < -0.39 is 12.1 Å². The average molecular weight is 251 g/mol. The Balaban J connectivity index is 2.27. The second kappa shape index (κ2) is 7.32. The van der Waals surface area contributed by atoms with E-state index in [4.69, 9.17) is 9.84 Å². The summed E-state index contributed by atoms with van der Waals surface area (Å²) in [7, 11) is 0. The summed E-state index contributed by atoms with van der Waals surface area (Å²) in [6.07, 6.45) is -0.134. The predicted molar refractivity (Wildman–Crippen MR) is 66.4 cm³/mol. The molecule has 0 bridgehead atoms. The van der Waals surface area contributed by atoms with Gasteiger partial charge in [-0.05, 0) is 25.5 Å². The minimum absolute atomic E-state index is 0.0498. The van der Waals surface area contributed by atoms with Crippen LogP contribution in [0.2, 0.25) is 0 Å². The van der Waals surface area contributed by atoms with Gasteiger partial charge in [0.05, 0.1) is 0 Å². The molecule has 0 radical (unpaired) electrons. The number of hydrogen-bond donors (Lipinski definition) is 2. The van der Waals surface area contributed by atoms with Gasteiger partial charge in [-0.2, -0.15) is 0 Å². The normalized spacial score (nSPS) is 11.6. The van der Waals surface area contributed by atoms with Crippen molar-refractivity contribution < 1.29 is 19.4 Å². The van der Waals surface area contributed by atoms with Crippen molar-refractivity contribution in [1.29, 1.82) is 0 Å². The first-order valence-corrected chi connectivity index (χ1v) is 5.81. The van der Waals surface area contributed by atoms with Crippen LogP contribution in [0.1, 0.15) is 19.8 Å². The maximum absolute atomic E-state index is 11.6.